The zero-order valence-electron chi connectivity index (χ0n) is 16.1. The minimum atomic E-state index is 0.232. The van der Waals surface area contributed by atoms with Gasteiger partial charge in [-0.1, -0.05) is 12.8 Å². The number of aryl methyl sites for hydroxylation is 1. The van der Waals surface area contributed by atoms with Gasteiger partial charge in [-0.15, -0.1) is 0 Å². The first-order valence-electron chi connectivity index (χ1n) is 9.59. The first-order valence-corrected chi connectivity index (χ1v) is 9.59. The Balaban J connectivity index is 1.74. The molecule has 5 heteroatoms. The monoisotopic (exact) mass is 348 g/mol. The minimum absolute atomic E-state index is 0.232. The second-order valence-electron chi connectivity index (χ2n) is 7.61. The molecule has 0 amide bonds. The van der Waals surface area contributed by atoms with Gasteiger partial charge in [0.2, 0.25) is 0 Å². The summed E-state index contributed by atoms with van der Waals surface area (Å²) in [4.78, 5) is 15.4. The Hall–Kier alpha value is -1.17. The molecule has 3 rings (SSSR count). The van der Waals surface area contributed by atoms with Crippen LogP contribution in [0.5, 0.6) is 0 Å². The summed E-state index contributed by atoms with van der Waals surface area (Å²) in [5.74, 6) is 0.232. The summed E-state index contributed by atoms with van der Waals surface area (Å²) in [6, 6.07) is 2.70. The van der Waals surface area contributed by atoms with Crippen molar-refractivity contribution in [2.24, 2.45) is 0 Å². The Bertz CT molecular complexity index is 608. The Morgan fingerprint density at radius 1 is 1.36 bits per heavy atom. The van der Waals surface area contributed by atoms with Gasteiger partial charge >= 0.3 is 0 Å². The molecule has 0 unspecified atom stereocenters. The van der Waals surface area contributed by atoms with E-state index < -0.39 is 0 Å². The van der Waals surface area contributed by atoms with Gasteiger partial charge in [0, 0.05) is 36.6 Å². The van der Waals surface area contributed by atoms with Crippen molar-refractivity contribution >= 4 is 5.78 Å². The highest BCUT2D eigenvalue weighted by atomic mass is 16.5. The lowest BCUT2D eigenvalue weighted by Gasteiger charge is -2.43. The standard InChI is InChI=1S/C20H32N2O3/c1-14-11-17(16(3)22(14)15(2)13-24-4)19(23)12-21-9-10-25-20-8-6-5-7-18(20)21/h11,15,18,20H,5-10,12-13H2,1-4H3/t15-,18-,20+/m0/s1. The van der Waals surface area contributed by atoms with Crippen LogP contribution in [0, 0.1) is 13.8 Å². The van der Waals surface area contributed by atoms with Crippen molar-refractivity contribution in [1.29, 1.82) is 0 Å². The zero-order valence-corrected chi connectivity index (χ0v) is 16.1. The van der Waals surface area contributed by atoms with Gasteiger partial charge in [-0.2, -0.15) is 0 Å². The molecule has 2 aliphatic rings. The molecule has 2 heterocycles. The summed E-state index contributed by atoms with van der Waals surface area (Å²) in [7, 11) is 1.72. The Morgan fingerprint density at radius 3 is 2.88 bits per heavy atom. The lowest BCUT2D eigenvalue weighted by atomic mass is 9.90. The summed E-state index contributed by atoms with van der Waals surface area (Å²) in [5, 5.41) is 0. The quantitative estimate of drug-likeness (QED) is 0.741. The van der Waals surface area contributed by atoms with Gasteiger partial charge in [0.25, 0.3) is 0 Å². The third-order valence-corrected chi connectivity index (χ3v) is 5.83. The normalized spacial score (nSPS) is 25.6. The van der Waals surface area contributed by atoms with E-state index in [4.69, 9.17) is 9.47 Å². The number of hydrogen-bond donors (Lipinski definition) is 0. The number of ether oxygens (including phenoxy) is 2. The average Bonchev–Trinajstić information content (AvgIpc) is 2.90. The molecular weight excluding hydrogens is 316 g/mol. The fourth-order valence-corrected chi connectivity index (χ4v) is 4.70. The lowest BCUT2D eigenvalue weighted by Crippen LogP contribution is -2.54. The van der Waals surface area contributed by atoms with Crippen molar-refractivity contribution in [2.75, 3.05) is 33.4 Å². The number of carbonyl (C=O) groups is 1. The number of methoxy groups -OCH3 is 1. The number of carbonyl (C=O) groups excluding carboxylic acids is 1. The van der Waals surface area contributed by atoms with Crippen LogP contribution in [0.25, 0.3) is 0 Å². The first kappa shape index (κ1) is 18.6. The van der Waals surface area contributed by atoms with Gasteiger partial charge < -0.3 is 14.0 Å². The highest BCUT2D eigenvalue weighted by Crippen LogP contribution is 2.29. The zero-order chi connectivity index (χ0) is 18.0. The molecule has 1 aromatic heterocycles. The maximum Gasteiger partial charge on any atom is 0.178 e. The van der Waals surface area contributed by atoms with Crippen LogP contribution in [-0.2, 0) is 9.47 Å². The van der Waals surface area contributed by atoms with Crippen molar-refractivity contribution < 1.29 is 14.3 Å². The van der Waals surface area contributed by atoms with Crippen LogP contribution in [0.4, 0.5) is 0 Å². The Kier molecular flexibility index (Phi) is 5.97. The molecule has 0 aromatic carbocycles. The number of Topliss-reactive ketones (excluding diaryl/α,β-unsaturated/α-hetero) is 1. The Labute approximate surface area is 151 Å². The number of fused-ring (bicyclic) bond motifs is 1. The maximum absolute atomic E-state index is 13.0. The van der Waals surface area contributed by atoms with Crippen molar-refractivity contribution in [3.8, 4) is 0 Å². The summed E-state index contributed by atoms with van der Waals surface area (Å²) < 4.78 is 13.4. The molecule has 140 valence electrons. The molecule has 1 aliphatic heterocycles. The second-order valence-corrected chi connectivity index (χ2v) is 7.61. The fraction of sp³-hybridized carbons (Fsp3) is 0.750. The summed E-state index contributed by atoms with van der Waals surface area (Å²) in [6.07, 6.45) is 5.12. The van der Waals surface area contributed by atoms with Crippen molar-refractivity contribution in [3.05, 3.63) is 23.0 Å². The fourth-order valence-electron chi connectivity index (χ4n) is 4.70. The third-order valence-electron chi connectivity index (χ3n) is 5.83. The van der Waals surface area contributed by atoms with E-state index in [1.807, 2.05) is 6.07 Å². The molecule has 2 fully saturated rings. The van der Waals surface area contributed by atoms with Crippen LogP contribution in [0.2, 0.25) is 0 Å². The molecule has 0 radical (unpaired) electrons. The molecule has 0 spiro atoms. The van der Waals surface area contributed by atoms with E-state index in [0.29, 0.717) is 25.3 Å². The highest BCUT2D eigenvalue weighted by Gasteiger charge is 2.35. The van der Waals surface area contributed by atoms with Gasteiger partial charge in [0.1, 0.15) is 0 Å². The molecule has 1 saturated heterocycles. The molecule has 1 saturated carbocycles. The SMILES string of the molecule is COC[C@H](C)n1c(C)cc(C(=O)CN2CCO[C@@H]3CCCC[C@@H]32)c1C. The van der Waals surface area contributed by atoms with Gasteiger partial charge in [0.05, 0.1) is 31.9 Å². The van der Waals surface area contributed by atoms with Crippen molar-refractivity contribution in [1.82, 2.24) is 9.47 Å². The van der Waals surface area contributed by atoms with Crippen molar-refractivity contribution in [2.45, 2.75) is 64.6 Å². The van der Waals surface area contributed by atoms with Gasteiger partial charge in [-0.3, -0.25) is 9.69 Å². The summed E-state index contributed by atoms with van der Waals surface area (Å²) in [5.41, 5.74) is 3.04. The number of morpholine rings is 1. The first-order chi connectivity index (χ1) is 12.0. The van der Waals surface area contributed by atoms with Crippen LogP contribution < -0.4 is 0 Å². The molecule has 1 aliphatic carbocycles. The third kappa shape index (κ3) is 3.83. The lowest BCUT2D eigenvalue weighted by molar-refractivity contribution is -0.0846. The largest absolute Gasteiger partial charge is 0.383 e. The van der Waals surface area contributed by atoms with E-state index in [1.54, 1.807) is 7.11 Å². The van der Waals surface area contributed by atoms with Gasteiger partial charge in [0.15, 0.2) is 5.78 Å². The van der Waals surface area contributed by atoms with Gasteiger partial charge in [-0.25, -0.2) is 0 Å². The predicted octanol–water partition coefficient (Wildman–Crippen LogP) is 3.14. The van der Waals surface area contributed by atoms with Crippen LogP contribution in [0.15, 0.2) is 6.07 Å². The minimum Gasteiger partial charge on any atom is -0.383 e. The highest BCUT2D eigenvalue weighted by molar-refractivity contribution is 5.99. The van der Waals surface area contributed by atoms with Crippen molar-refractivity contribution in [3.63, 3.8) is 0 Å². The predicted molar refractivity (Wildman–Crippen MR) is 98.4 cm³/mol. The van der Waals surface area contributed by atoms with Crippen LogP contribution in [-0.4, -0.2) is 60.8 Å². The molecule has 0 N–H and O–H groups in total. The van der Waals surface area contributed by atoms with E-state index in [0.717, 1.165) is 42.9 Å². The molecule has 5 nitrogen and oxygen atoms in total. The number of ketones is 1. The van der Waals surface area contributed by atoms with E-state index in [9.17, 15) is 4.79 Å². The number of nitrogens with zero attached hydrogens (tertiary/aromatic N) is 2. The molecule has 1 aromatic rings. The second kappa shape index (κ2) is 8.02. The average molecular weight is 348 g/mol. The molecule has 0 bridgehead atoms. The number of hydrogen-bond acceptors (Lipinski definition) is 4. The smallest absolute Gasteiger partial charge is 0.178 e. The molecule has 25 heavy (non-hydrogen) atoms. The van der Waals surface area contributed by atoms with Crippen LogP contribution >= 0.6 is 0 Å². The summed E-state index contributed by atoms with van der Waals surface area (Å²) in [6.45, 7) is 9.03. The van der Waals surface area contributed by atoms with Crippen LogP contribution in [0.3, 0.4) is 0 Å². The van der Waals surface area contributed by atoms with E-state index in [2.05, 4.69) is 30.2 Å². The number of rotatable bonds is 6. The van der Waals surface area contributed by atoms with Crippen LogP contribution in [0.1, 0.15) is 60.4 Å². The molecular formula is C20H32N2O3. The van der Waals surface area contributed by atoms with E-state index in [-0.39, 0.29) is 11.8 Å². The topological polar surface area (TPSA) is 43.7 Å². The van der Waals surface area contributed by atoms with E-state index >= 15 is 0 Å². The Morgan fingerprint density at radius 2 is 2.12 bits per heavy atom. The maximum atomic E-state index is 13.0. The molecule has 3 atom stereocenters. The number of aromatic nitrogens is 1. The van der Waals surface area contributed by atoms with E-state index in [1.165, 1.54) is 12.8 Å². The summed E-state index contributed by atoms with van der Waals surface area (Å²) >= 11 is 0. The van der Waals surface area contributed by atoms with Gasteiger partial charge in [-0.05, 0) is 39.7 Å².